The fraction of sp³-hybridized carbons (Fsp3) is 0.321. The molecule has 0 bridgehead atoms. The molecule has 1 aliphatic heterocycles. The highest BCUT2D eigenvalue weighted by atomic mass is 16.5. The Morgan fingerprint density at radius 1 is 0.867 bits per heavy atom. The Kier molecular flexibility index (Phi) is 3.78. The van der Waals surface area contributed by atoms with Crippen LogP contribution in [0.5, 0.6) is 11.5 Å². The first-order valence-corrected chi connectivity index (χ1v) is 11.2. The fourth-order valence-corrected chi connectivity index (χ4v) is 6.00. The van der Waals surface area contributed by atoms with Gasteiger partial charge in [-0.15, -0.1) is 0 Å². The van der Waals surface area contributed by atoms with Crippen LogP contribution in [0.25, 0.3) is 32.8 Å². The van der Waals surface area contributed by atoms with E-state index in [1.807, 2.05) is 0 Å². The third kappa shape index (κ3) is 2.28. The molecule has 3 aromatic carbocycles. The van der Waals surface area contributed by atoms with E-state index in [-0.39, 0.29) is 0 Å². The van der Waals surface area contributed by atoms with E-state index < -0.39 is 0 Å². The van der Waals surface area contributed by atoms with Gasteiger partial charge in [0.25, 0.3) is 0 Å². The van der Waals surface area contributed by atoms with E-state index in [1.165, 1.54) is 80.7 Å². The molecule has 0 unspecified atom stereocenters. The molecule has 0 saturated heterocycles. The maximum Gasteiger partial charge on any atom is 0.228 e. The molecule has 4 aromatic rings. The SMILES string of the molecule is Cc1c2c(c(C)c3ccccc13)-c1c3c(cc(C4CCCC4)c(C)c3cc[n+]1C)O2. The number of pyridine rings is 1. The molecule has 150 valence electrons. The lowest BCUT2D eigenvalue weighted by atomic mass is 9.85. The average molecular weight is 395 g/mol. The first-order chi connectivity index (χ1) is 14.6. The summed E-state index contributed by atoms with van der Waals surface area (Å²) < 4.78 is 9.05. The largest absolute Gasteiger partial charge is 0.455 e. The number of fused-ring (bicyclic) bond motifs is 3. The molecular weight excluding hydrogens is 366 g/mol. The number of aromatic nitrogens is 1. The van der Waals surface area contributed by atoms with Crippen molar-refractivity contribution in [1.29, 1.82) is 0 Å². The van der Waals surface area contributed by atoms with Crippen LogP contribution in [0.4, 0.5) is 0 Å². The second-order valence-electron chi connectivity index (χ2n) is 9.24. The summed E-state index contributed by atoms with van der Waals surface area (Å²) in [5.74, 6) is 2.74. The van der Waals surface area contributed by atoms with Crippen molar-refractivity contribution in [2.24, 2.45) is 7.05 Å². The van der Waals surface area contributed by atoms with Crippen molar-refractivity contribution in [3.8, 4) is 22.8 Å². The molecule has 2 nitrogen and oxygen atoms in total. The van der Waals surface area contributed by atoms with Crippen molar-refractivity contribution >= 4 is 21.5 Å². The Hall–Kier alpha value is -2.87. The highest BCUT2D eigenvalue weighted by molar-refractivity contribution is 6.07. The van der Waals surface area contributed by atoms with E-state index >= 15 is 0 Å². The average Bonchev–Trinajstić information content (AvgIpc) is 3.29. The molecule has 2 heteroatoms. The summed E-state index contributed by atoms with van der Waals surface area (Å²) in [5.41, 5.74) is 8.00. The van der Waals surface area contributed by atoms with E-state index in [4.69, 9.17) is 4.74 Å². The van der Waals surface area contributed by atoms with Crippen LogP contribution in [-0.2, 0) is 7.05 Å². The van der Waals surface area contributed by atoms with Crippen LogP contribution < -0.4 is 9.30 Å². The van der Waals surface area contributed by atoms with Gasteiger partial charge in [0.2, 0.25) is 5.69 Å². The molecule has 0 atom stereocenters. The van der Waals surface area contributed by atoms with Crippen molar-refractivity contribution in [2.45, 2.75) is 52.4 Å². The van der Waals surface area contributed by atoms with Crippen LogP contribution in [0.15, 0.2) is 42.6 Å². The van der Waals surface area contributed by atoms with Crippen LogP contribution in [0, 0.1) is 20.8 Å². The second-order valence-corrected chi connectivity index (χ2v) is 9.24. The van der Waals surface area contributed by atoms with Gasteiger partial charge in [-0.25, -0.2) is 4.57 Å². The van der Waals surface area contributed by atoms with E-state index in [1.54, 1.807) is 0 Å². The van der Waals surface area contributed by atoms with E-state index in [9.17, 15) is 0 Å². The lowest BCUT2D eigenvalue weighted by Gasteiger charge is -2.26. The van der Waals surface area contributed by atoms with Crippen molar-refractivity contribution in [1.82, 2.24) is 0 Å². The molecule has 1 saturated carbocycles. The van der Waals surface area contributed by atoms with Gasteiger partial charge in [-0.05, 0) is 73.1 Å². The third-order valence-corrected chi connectivity index (χ3v) is 7.62. The van der Waals surface area contributed by atoms with Crippen LogP contribution >= 0.6 is 0 Å². The highest BCUT2D eigenvalue weighted by Crippen LogP contribution is 2.52. The zero-order chi connectivity index (χ0) is 20.6. The molecule has 30 heavy (non-hydrogen) atoms. The summed E-state index contributed by atoms with van der Waals surface area (Å²) in [6.07, 6.45) is 7.53. The smallest absolute Gasteiger partial charge is 0.228 e. The minimum atomic E-state index is 0.674. The summed E-state index contributed by atoms with van der Waals surface area (Å²) in [7, 11) is 2.16. The Morgan fingerprint density at radius 2 is 1.57 bits per heavy atom. The molecule has 0 N–H and O–H groups in total. The number of ether oxygens (including phenoxy) is 1. The third-order valence-electron chi connectivity index (χ3n) is 7.62. The summed E-state index contributed by atoms with van der Waals surface area (Å²) in [5, 5.41) is 5.22. The van der Waals surface area contributed by atoms with Crippen molar-refractivity contribution < 1.29 is 9.30 Å². The molecule has 2 heterocycles. The van der Waals surface area contributed by atoms with Crippen molar-refractivity contribution in [3.05, 3.63) is 64.8 Å². The quantitative estimate of drug-likeness (QED) is 0.275. The minimum absolute atomic E-state index is 0.674. The molecular formula is C28H28NO+. The molecule has 0 spiro atoms. The molecule has 6 rings (SSSR count). The van der Waals surface area contributed by atoms with Gasteiger partial charge >= 0.3 is 0 Å². The van der Waals surface area contributed by atoms with E-state index in [2.05, 4.69) is 75.0 Å². The first kappa shape index (κ1) is 17.9. The summed E-state index contributed by atoms with van der Waals surface area (Å²) >= 11 is 0. The molecule has 0 amide bonds. The zero-order valence-corrected chi connectivity index (χ0v) is 18.3. The van der Waals surface area contributed by atoms with Crippen LogP contribution in [-0.4, -0.2) is 0 Å². The fourth-order valence-electron chi connectivity index (χ4n) is 6.00. The Morgan fingerprint density at radius 3 is 2.30 bits per heavy atom. The van der Waals surface area contributed by atoms with Gasteiger partial charge in [0, 0.05) is 17.0 Å². The van der Waals surface area contributed by atoms with E-state index in [0.717, 1.165) is 11.5 Å². The number of nitrogens with zero attached hydrogens (tertiary/aromatic N) is 1. The van der Waals surface area contributed by atoms with Gasteiger partial charge in [-0.1, -0.05) is 37.1 Å². The minimum Gasteiger partial charge on any atom is -0.455 e. The monoisotopic (exact) mass is 394 g/mol. The predicted octanol–water partition coefficient (Wildman–Crippen LogP) is 7.17. The molecule has 1 fully saturated rings. The van der Waals surface area contributed by atoms with Crippen molar-refractivity contribution in [3.63, 3.8) is 0 Å². The lowest BCUT2D eigenvalue weighted by molar-refractivity contribution is -0.659. The number of rotatable bonds is 1. The Balaban J connectivity index is 1.75. The maximum absolute atomic E-state index is 6.77. The molecule has 1 aliphatic carbocycles. The highest BCUT2D eigenvalue weighted by Gasteiger charge is 2.33. The number of benzene rings is 3. The normalized spacial score (nSPS) is 15.6. The van der Waals surface area contributed by atoms with Gasteiger partial charge in [0.05, 0.1) is 10.9 Å². The molecule has 2 aliphatic rings. The summed E-state index contributed by atoms with van der Waals surface area (Å²) in [6.45, 7) is 6.76. The van der Waals surface area contributed by atoms with Crippen molar-refractivity contribution in [2.75, 3.05) is 0 Å². The van der Waals surface area contributed by atoms with Gasteiger partial charge in [0.1, 0.15) is 18.5 Å². The molecule has 1 aromatic heterocycles. The Bertz CT molecular complexity index is 1360. The standard InChI is InChI=1S/C28H28NO/c1-16-22-13-14-29(4)27-25-17(2)20-11-7-8-12-21(20)18(3)28(25)30-24(26(22)27)15-23(16)19-9-5-6-10-19/h7-8,11-15,19H,5-6,9-10H2,1-4H3/q+1. The van der Waals surface area contributed by atoms with E-state index in [0.29, 0.717) is 5.92 Å². The van der Waals surface area contributed by atoms with Crippen LogP contribution in [0.3, 0.4) is 0 Å². The first-order valence-electron chi connectivity index (χ1n) is 11.2. The predicted molar refractivity (Wildman–Crippen MR) is 124 cm³/mol. The van der Waals surface area contributed by atoms with Gasteiger partial charge < -0.3 is 4.74 Å². The van der Waals surface area contributed by atoms with Crippen LogP contribution in [0.2, 0.25) is 0 Å². The maximum atomic E-state index is 6.77. The topological polar surface area (TPSA) is 13.1 Å². The number of hydrogen-bond donors (Lipinski definition) is 0. The second kappa shape index (κ2) is 6.31. The summed E-state index contributed by atoms with van der Waals surface area (Å²) in [4.78, 5) is 0. The van der Waals surface area contributed by atoms with Gasteiger partial charge in [-0.3, -0.25) is 0 Å². The van der Waals surface area contributed by atoms with Gasteiger partial charge in [0.15, 0.2) is 6.20 Å². The van der Waals surface area contributed by atoms with Gasteiger partial charge in [-0.2, -0.15) is 0 Å². The summed E-state index contributed by atoms with van der Waals surface area (Å²) in [6, 6.07) is 13.4. The lowest BCUT2D eigenvalue weighted by Crippen LogP contribution is -2.32. The molecule has 0 radical (unpaired) electrons. The Labute approximate surface area is 178 Å². The number of hydrogen-bond acceptors (Lipinski definition) is 1. The van der Waals surface area contributed by atoms with Crippen LogP contribution in [0.1, 0.15) is 53.9 Å². The zero-order valence-electron chi connectivity index (χ0n) is 18.3. The number of aryl methyl sites for hydroxylation is 4.